The number of aromatic nitrogens is 2. The summed E-state index contributed by atoms with van der Waals surface area (Å²) in [5, 5.41) is 0.960. The van der Waals surface area contributed by atoms with Crippen LogP contribution in [-0.2, 0) is 11.2 Å². The molecule has 0 unspecified atom stereocenters. The predicted molar refractivity (Wildman–Crippen MR) is 90.4 cm³/mol. The molecule has 3 heterocycles. The molecule has 0 saturated carbocycles. The van der Waals surface area contributed by atoms with Gasteiger partial charge in [0.25, 0.3) is 0 Å². The quantitative estimate of drug-likeness (QED) is 0.805. The summed E-state index contributed by atoms with van der Waals surface area (Å²) >= 11 is 1.44. The summed E-state index contributed by atoms with van der Waals surface area (Å²) in [5.41, 5.74) is 0. The number of rotatable bonds is 4. The van der Waals surface area contributed by atoms with E-state index in [1.54, 1.807) is 24.5 Å². The molecule has 1 fully saturated rings. The van der Waals surface area contributed by atoms with E-state index in [-0.39, 0.29) is 5.91 Å². The van der Waals surface area contributed by atoms with Gasteiger partial charge in [-0.1, -0.05) is 6.92 Å². The third-order valence-electron chi connectivity index (χ3n) is 3.79. The van der Waals surface area contributed by atoms with Crippen molar-refractivity contribution in [1.29, 1.82) is 0 Å². The average Bonchev–Trinajstić information content (AvgIpc) is 3.20. The monoisotopic (exact) mass is 332 g/mol. The third-order valence-corrected chi connectivity index (χ3v) is 4.60. The summed E-state index contributed by atoms with van der Waals surface area (Å²) < 4.78 is 9.54. The van der Waals surface area contributed by atoms with Crippen molar-refractivity contribution in [1.82, 2.24) is 14.3 Å². The maximum Gasteiger partial charge on any atom is 0.246 e. The van der Waals surface area contributed by atoms with Gasteiger partial charge in [0.05, 0.1) is 6.26 Å². The molecule has 0 spiro atoms. The second-order valence-corrected chi connectivity index (χ2v) is 6.09. The number of carbonyl (C=O) groups is 1. The molecule has 0 aliphatic carbocycles. The molecule has 0 N–H and O–H groups in total. The van der Waals surface area contributed by atoms with E-state index < -0.39 is 0 Å². The van der Waals surface area contributed by atoms with Crippen molar-refractivity contribution < 1.29 is 9.21 Å². The van der Waals surface area contributed by atoms with E-state index in [4.69, 9.17) is 4.42 Å². The average molecular weight is 332 g/mol. The number of aryl methyl sites for hydroxylation is 1. The van der Waals surface area contributed by atoms with Crippen LogP contribution in [0.15, 0.2) is 28.9 Å². The molecule has 6 nitrogen and oxygen atoms in total. The first kappa shape index (κ1) is 15.7. The molecule has 7 heteroatoms. The summed E-state index contributed by atoms with van der Waals surface area (Å²) in [6.45, 7) is 5.21. The van der Waals surface area contributed by atoms with Crippen LogP contribution in [0.2, 0.25) is 0 Å². The smallest absolute Gasteiger partial charge is 0.246 e. The van der Waals surface area contributed by atoms with Gasteiger partial charge in [-0.05, 0) is 24.6 Å². The summed E-state index contributed by atoms with van der Waals surface area (Å²) in [4.78, 5) is 20.9. The minimum atomic E-state index is 0.0229. The first-order valence-electron chi connectivity index (χ1n) is 7.84. The molecule has 0 bridgehead atoms. The lowest BCUT2D eigenvalue weighted by Gasteiger charge is -2.20. The van der Waals surface area contributed by atoms with Gasteiger partial charge >= 0.3 is 0 Å². The van der Waals surface area contributed by atoms with Crippen LogP contribution >= 0.6 is 11.5 Å². The Labute approximate surface area is 139 Å². The van der Waals surface area contributed by atoms with E-state index in [9.17, 15) is 4.79 Å². The number of hydrogen-bond donors (Lipinski definition) is 0. The van der Waals surface area contributed by atoms with Gasteiger partial charge in [0.2, 0.25) is 11.0 Å². The first-order valence-corrected chi connectivity index (χ1v) is 8.61. The van der Waals surface area contributed by atoms with Crippen molar-refractivity contribution in [2.45, 2.75) is 19.8 Å². The Morgan fingerprint density at radius 2 is 2.30 bits per heavy atom. The molecule has 1 amide bonds. The van der Waals surface area contributed by atoms with Crippen molar-refractivity contribution >= 4 is 28.6 Å². The molecule has 2 aromatic rings. The van der Waals surface area contributed by atoms with Crippen LogP contribution in [0.25, 0.3) is 6.08 Å². The van der Waals surface area contributed by atoms with Gasteiger partial charge in [-0.15, -0.1) is 0 Å². The van der Waals surface area contributed by atoms with E-state index in [0.29, 0.717) is 12.3 Å². The van der Waals surface area contributed by atoms with Gasteiger partial charge in [0, 0.05) is 50.2 Å². The fourth-order valence-corrected chi connectivity index (χ4v) is 3.29. The highest BCUT2D eigenvalue weighted by Gasteiger charge is 2.20. The molecular formula is C16H20N4O2S. The van der Waals surface area contributed by atoms with Crippen LogP contribution in [0.1, 0.15) is 24.9 Å². The largest absolute Gasteiger partial charge is 0.465 e. The summed E-state index contributed by atoms with van der Waals surface area (Å²) in [5.74, 6) is 1.61. The Morgan fingerprint density at radius 1 is 1.39 bits per heavy atom. The highest BCUT2D eigenvalue weighted by molar-refractivity contribution is 7.09. The summed E-state index contributed by atoms with van der Waals surface area (Å²) in [6.07, 6.45) is 6.67. The van der Waals surface area contributed by atoms with E-state index in [1.807, 2.05) is 11.0 Å². The lowest BCUT2D eigenvalue weighted by Crippen LogP contribution is -2.34. The Hall–Kier alpha value is -2.15. The van der Waals surface area contributed by atoms with E-state index in [2.05, 4.69) is 21.2 Å². The third kappa shape index (κ3) is 3.98. The van der Waals surface area contributed by atoms with Crippen LogP contribution in [0.4, 0.5) is 5.13 Å². The Balaban J connectivity index is 1.58. The number of nitrogens with zero attached hydrogens (tertiary/aromatic N) is 4. The van der Waals surface area contributed by atoms with Gasteiger partial charge in [0.1, 0.15) is 11.6 Å². The van der Waals surface area contributed by atoms with Crippen molar-refractivity contribution in [2.75, 3.05) is 31.1 Å². The molecule has 0 atom stereocenters. The molecule has 1 aliphatic rings. The van der Waals surface area contributed by atoms with Gasteiger partial charge < -0.3 is 14.2 Å². The highest BCUT2D eigenvalue weighted by atomic mass is 32.1. The maximum atomic E-state index is 12.3. The Bertz CT molecular complexity index is 665. The zero-order valence-corrected chi connectivity index (χ0v) is 14.0. The molecule has 1 saturated heterocycles. The lowest BCUT2D eigenvalue weighted by atomic mass is 10.3. The van der Waals surface area contributed by atoms with Crippen LogP contribution < -0.4 is 4.90 Å². The van der Waals surface area contributed by atoms with Crippen LogP contribution in [0, 0.1) is 0 Å². The Kier molecular flexibility index (Phi) is 5.07. The van der Waals surface area contributed by atoms with Crippen LogP contribution in [0.3, 0.4) is 0 Å². The van der Waals surface area contributed by atoms with Crippen molar-refractivity contribution in [3.63, 3.8) is 0 Å². The highest BCUT2D eigenvalue weighted by Crippen LogP contribution is 2.19. The number of anilines is 1. The van der Waals surface area contributed by atoms with Gasteiger partial charge in [0.15, 0.2) is 0 Å². The Morgan fingerprint density at radius 3 is 3.04 bits per heavy atom. The number of hydrogen-bond acceptors (Lipinski definition) is 6. The van der Waals surface area contributed by atoms with Gasteiger partial charge in [-0.3, -0.25) is 4.79 Å². The SMILES string of the molecule is CCc1nsc(N2CCCN(C(=O)C=Cc3ccco3)CC2)n1. The van der Waals surface area contributed by atoms with Crippen LogP contribution in [-0.4, -0.2) is 46.3 Å². The summed E-state index contributed by atoms with van der Waals surface area (Å²) in [7, 11) is 0. The minimum Gasteiger partial charge on any atom is -0.465 e. The fourth-order valence-electron chi connectivity index (χ4n) is 2.49. The van der Waals surface area contributed by atoms with E-state index in [0.717, 1.165) is 43.4 Å². The number of carbonyl (C=O) groups excluding carboxylic acids is 1. The van der Waals surface area contributed by atoms with Crippen molar-refractivity contribution in [2.24, 2.45) is 0 Å². The topological polar surface area (TPSA) is 62.5 Å². The molecule has 122 valence electrons. The molecule has 1 aliphatic heterocycles. The minimum absolute atomic E-state index is 0.0229. The van der Waals surface area contributed by atoms with Crippen LogP contribution in [0.5, 0.6) is 0 Å². The zero-order valence-electron chi connectivity index (χ0n) is 13.1. The molecule has 3 rings (SSSR count). The lowest BCUT2D eigenvalue weighted by molar-refractivity contribution is -0.125. The normalized spacial score (nSPS) is 16.0. The predicted octanol–water partition coefficient (Wildman–Crippen LogP) is 2.45. The van der Waals surface area contributed by atoms with E-state index >= 15 is 0 Å². The first-order chi connectivity index (χ1) is 11.3. The number of furan rings is 1. The molecular weight excluding hydrogens is 312 g/mol. The fraction of sp³-hybridized carbons (Fsp3) is 0.438. The molecule has 23 heavy (non-hydrogen) atoms. The zero-order chi connectivity index (χ0) is 16.1. The van der Waals surface area contributed by atoms with E-state index in [1.165, 1.54) is 11.5 Å². The second-order valence-electron chi connectivity index (χ2n) is 5.36. The maximum absolute atomic E-state index is 12.3. The molecule has 0 radical (unpaired) electrons. The summed E-state index contributed by atoms with van der Waals surface area (Å²) in [6, 6.07) is 3.63. The van der Waals surface area contributed by atoms with Crippen molar-refractivity contribution in [3.8, 4) is 0 Å². The van der Waals surface area contributed by atoms with Crippen molar-refractivity contribution in [3.05, 3.63) is 36.1 Å². The standard InChI is InChI=1S/C16H20N4O2S/c1-2-14-17-16(23-18-14)20-9-4-8-19(10-11-20)15(21)7-6-13-5-3-12-22-13/h3,5-7,12H,2,4,8-11H2,1H3. The molecule has 2 aromatic heterocycles. The molecule has 0 aromatic carbocycles. The number of amides is 1. The van der Waals surface area contributed by atoms with Gasteiger partial charge in [-0.2, -0.15) is 4.37 Å². The second kappa shape index (κ2) is 7.41. The van der Waals surface area contributed by atoms with Gasteiger partial charge in [-0.25, -0.2) is 4.98 Å².